The fourth-order valence-corrected chi connectivity index (χ4v) is 3.75. The predicted molar refractivity (Wildman–Crippen MR) is 130 cm³/mol. The second-order valence-electron chi connectivity index (χ2n) is 8.98. The van der Waals surface area contributed by atoms with E-state index in [2.05, 4.69) is 19.1 Å². The van der Waals surface area contributed by atoms with Gasteiger partial charge in [-0.2, -0.15) is 0 Å². The number of rotatable bonds is 23. The Morgan fingerprint density at radius 1 is 0.710 bits per heavy atom. The molecule has 0 fully saturated rings. The fourth-order valence-electron chi connectivity index (χ4n) is 3.75. The van der Waals surface area contributed by atoms with Crippen molar-refractivity contribution in [2.45, 2.75) is 148 Å². The maximum Gasteiger partial charge on any atom is 0.306 e. The first kappa shape index (κ1) is 29.7. The molecule has 0 aliphatic carbocycles. The zero-order valence-corrected chi connectivity index (χ0v) is 20.5. The predicted octanol–water partition coefficient (Wildman–Crippen LogP) is 8.38. The first-order chi connectivity index (χ1) is 15.1. The van der Waals surface area contributed by atoms with Crippen LogP contribution in [-0.4, -0.2) is 23.1 Å². The van der Waals surface area contributed by atoms with Gasteiger partial charge in [0.15, 0.2) is 0 Å². The highest BCUT2D eigenvalue weighted by Gasteiger charge is 2.10. The number of carbonyl (C=O) groups excluding carboxylic acids is 1. The van der Waals surface area contributed by atoms with Crippen molar-refractivity contribution in [1.29, 1.82) is 0 Å². The molecule has 0 heterocycles. The molecule has 0 radical (unpaired) electrons. The Bertz CT molecular complexity index is 445. The Hall–Kier alpha value is -1.32. The van der Waals surface area contributed by atoms with E-state index in [4.69, 9.17) is 9.84 Å². The lowest BCUT2D eigenvalue weighted by Crippen LogP contribution is -2.15. The molecule has 0 aromatic carbocycles. The molecule has 0 amide bonds. The first-order valence-electron chi connectivity index (χ1n) is 13.1. The van der Waals surface area contributed by atoms with E-state index in [1.54, 1.807) is 0 Å². The summed E-state index contributed by atoms with van der Waals surface area (Å²) in [6, 6.07) is 0. The van der Waals surface area contributed by atoms with E-state index in [0.29, 0.717) is 19.3 Å². The third-order valence-electron chi connectivity index (χ3n) is 5.73. The maximum atomic E-state index is 11.8. The van der Waals surface area contributed by atoms with Crippen LogP contribution in [0.2, 0.25) is 0 Å². The number of hydrogen-bond donors (Lipinski definition) is 1. The average molecular weight is 439 g/mol. The Kier molecular flexibility index (Phi) is 22.4. The summed E-state index contributed by atoms with van der Waals surface area (Å²) in [5, 5.41) is 8.62. The Balaban J connectivity index is 3.30. The zero-order valence-electron chi connectivity index (χ0n) is 20.5. The number of carboxylic acids is 1. The molecule has 1 unspecified atom stereocenters. The lowest BCUT2D eigenvalue weighted by molar-refractivity contribution is -0.148. The van der Waals surface area contributed by atoms with Gasteiger partial charge >= 0.3 is 11.9 Å². The highest BCUT2D eigenvalue weighted by Crippen LogP contribution is 2.12. The van der Waals surface area contributed by atoms with Crippen LogP contribution in [0.25, 0.3) is 0 Å². The minimum Gasteiger partial charge on any atom is -0.481 e. The molecule has 0 bridgehead atoms. The summed E-state index contributed by atoms with van der Waals surface area (Å²) in [7, 11) is 0. The van der Waals surface area contributed by atoms with Crippen LogP contribution in [0.4, 0.5) is 0 Å². The van der Waals surface area contributed by atoms with Gasteiger partial charge < -0.3 is 9.84 Å². The van der Waals surface area contributed by atoms with Crippen molar-refractivity contribution in [2.75, 3.05) is 0 Å². The molecule has 0 aliphatic rings. The third kappa shape index (κ3) is 24.8. The highest BCUT2D eigenvalue weighted by atomic mass is 16.5. The monoisotopic (exact) mass is 438 g/mol. The minimum absolute atomic E-state index is 0.136. The molecule has 0 spiro atoms. The SMILES string of the molecule is CCCCCCCCC/C=C\CCCCCCCCCC(=O)OC(C)CCCC(=O)O. The summed E-state index contributed by atoms with van der Waals surface area (Å²) in [4.78, 5) is 22.3. The van der Waals surface area contributed by atoms with Crippen LogP contribution < -0.4 is 0 Å². The average Bonchev–Trinajstić information content (AvgIpc) is 2.72. The molecule has 0 saturated carbocycles. The van der Waals surface area contributed by atoms with Crippen molar-refractivity contribution in [2.24, 2.45) is 0 Å². The van der Waals surface area contributed by atoms with E-state index < -0.39 is 5.97 Å². The van der Waals surface area contributed by atoms with Crippen LogP contribution in [0.3, 0.4) is 0 Å². The topological polar surface area (TPSA) is 63.6 Å². The lowest BCUT2D eigenvalue weighted by Gasteiger charge is -2.12. The summed E-state index contributed by atoms with van der Waals surface area (Å²) in [6.45, 7) is 4.11. The fraction of sp³-hybridized carbons (Fsp3) is 0.852. The van der Waals surface area contributed by atoms with E-state index in [0.717, 1.165) is 12.8 Å². The molecular weight excluding hydrogens is 388 g/mol. The third-order valence-corrected chi connectivity index (χ3v) is 5.73. The van der Waals surface area contributed by atoms with Crippen LogP contribution in [-0.2, 0) is 14.3 Å². The number of carbonyl (C=O) groups is 2. The van der Waals surface area contributed by atoms with E-state index in [1.165, 1.54) is 89.9 Å². The molecule has 0 rings (SSSR count). The lowest BCUT2D eigenvalue weighted by atomic mass is 10.1. The molecule has 0 aromatic heterocycles. The maximum absolute atomic E-state index is 11.8. The summed E-state index contributed by atoms with van der Waals surface area (Å²) >= 11 is 0. The summed E-state index contributed by atoms with van der Waals surface area (Å²) in [5.74, 6) is -0.945. The summed E-state index contributed by atoms with van der Waals surface area (Å²) in [6.07, 6.45) is 26.8. The van der Waals surface area contributed by atoms with Crippen LogP contribution in [0.5, 0.6) is 0 Å². The quantitative estimate of drug-likeness (QED) is 0.0988. The highest BCUT2D eigenvalue weighted by molar-refractivity contribution is 5.69. The molecule has 1 atom stereocenters. The van der Waals surface area contributed by atoms with Crippen LogP contribution in [0, 0.1) is 0 Å². The van der Waals surface area contributed by atoms with Crippen molar-refractivity contribution >= 4 is 11.9 Å². The Labute approximate surface area is 192 Å². The molecule has 0 aliphatic heterocycles. The molecule has 31 heavy (non-hydrogen) atoms. The molecular formula is C27H50O4. The van der Waals surface area contributed by atoms with E-state index in [9.17, 15) is 9.59 Å². The summed E-state index contributed by atoms with van der Waals surface area (Å²) < 4.78 is 5.33. The van der Waals surface area contributed by atoms with Gasteiger partial charge in [0.05, 0.1) is 6.10 Å². The van der Waals surface area contributed by atoms with Crippen LogP contribution in [0.15, 0.2) is 12.2 Å². The number of allylic oxidation sites excluding steroid dienone is 2. The second-order valence-corrected chi connectivity index (χ2v) is 8.98. The van der Waals surface area contributed by atoms with Crippen molar-refractivity contribution in [1.82, 2.24) is 0 Å². The molecule has 182 valence electrons. The molecule has 1 N–H and O–H groups in total. The molecule has 0 saturated heterocycles. The Morgan fingerprint density at radius 2 is 1.19 bits per heavy atom. The van der Waals surface area contributed by atoms with Crippen molar-refractivity contribution < 1.29 is 19.4 Å². The number of ether oxygens (including phenoxy) is 1. The first-order valence-corrected chi connectivity index (χ1v) is 13.1. The van der Waals surface area contributed by atoms with Gasteiger partial charge in [0.2, 0.25) is 0 Å². The van der Waals surface area contributed by atoms with Crippen molar-refractivity contribution in [3.8, 4) is 0 Å². The second kappa shape index (κ2) is 23.3. The molecule has 0 aromatic rings. The molecule has 4 heteroatoms. The normalized spacial score (nSPS) is 12.3. The van der Waals surface area contributed by atoms with Gasteiger partial charge in [-0.15, -0.1) is 0 Å². The summed E-state index contributed by atoms with van der Waals surface area (Å²) in [5.41, 5.74) is 0. The van der Waals surface area contributed by atoms with Crippen molar-refractivity contribution in [3.05, 3.63) is 12.2 Å². The van der Waals surface area contributed by atoms with Crippen molar-refractivity contribution in [3.63, 3.8) is 0 Å². The standard InChI is InChI=1S/C27H50O4/c1-3-4-5-6-7-8-9-10-11-12-13-14-15-16-17-18-19-20-24-27(30)31-25(2)22-21-23-26(28)29/h11-12,25H,3-10,13-24H2,1-2H3,(H,28,29)/b12-11-. The van der Waals surface area contributed by atoms with E-state index in [1.807, 2.05) is 6.92 Å². The largest absolute Gasteiger partial charge is 0.481 e. The van der Waals surface area contributed by atoms with Gasteiger partial charge in [0.25, 0.3) is 0 Å². The van der Waals surface area contributed by atoms with Crippen LogP contribution in [0.1, 0.15) is 142 Å². The minimum atomic E-state index is -0.797. The van der Waals surface area contributed by atoms with Gasteiger partial charge in [-0.25, -0.2) is 0 Å². The number of hydrogen-bond acceptors (Lipinski definition) is 3. The zero-order chi connectivity index (χ0) is 23.0. The van der Waals surface area contributed by atoms with Gasteiger partial charge in [-0.3, -0.25) is 9.59 Å². The number of carboxylic acid groups (broad SMARTS) is 1. The number of aliphatic carboxylic acids is 1. The van der Waals surface area contributed by atoms with Gasteiger partial charge in [-0.05, 0) is 51.9 Å². The van der Waals surface area contributed by atoms with E-state index >= 15 is 0 Å². The Morgan fingerprint density at radius 3 is 1.71 bits per heavy atom. The number of esters is 1. The molecule has 4 nitrogen and oxygen atoms in total. The van der Waals surface area contributed by atoms with Gasteiger partial charge in [0, 0.05) is 12.8 Å². The van der Waals surface area contributed by atoms with E-state index in [-0.39, 0.29) is 18.5 Å². The van der Waals surface area contributed by atoms with Gasteiger partial charge in [0.1, 0.15) is 0 Å². The van der Waals surface area contributed by atoms with Crippen LogP contribution >= 0.6 is 0 Å². The number of unbranched alkanes of at least 4 members (excludes halogenated alkanes) is 14. The smallest absolute Gasteiger partial charge is 0.306 e. The van der Waals surface area contributed by atoms with Gasteiger partial charge in [-0.1, -0.05) is 89.7 Å².